The summed E-state index contributed by atoms with van der Waals surface area (Å²) in [7, 11) is 0. The number of benzene rings is 3. The summed E-state index contributed by atoms with van der Waals surface area (Å²) < 4.78 is 8.12. The summed E-state index contributed by atoms with van der Waals surface area (Å²) in [6.45, 7) is 2.95. The molecule has 0 aliphatic carbocycles. The molecule has 0 atom stereocenters. The predicted octanol–water partition coefficient (Wildman–Crippen LogP) is 6.49. The summed E-state index contributed by atoms with van der Waals surface area (Å²) in [5, 5.41) is 12.7. The quantitative estimate of drug-likeness (QED) is 0.384. The molecule has 0 saturated carbocycles. The molecule has 1 aromatic heterocycles. The summed E-state index contributed by atoms with van der Waals surface area (Å²) >= 11 is 0. The van der Waals surface area contributed by atoms with E-state index < -0.39 is 0 Å². The van der Waals surface area contributed by atoms with Crippen LogP contribution in [0.1, 0.15) is 24.4 Å². The van der Waals surface area contributed by atoms with Crippen molar-refractivity contribution < 1.29 is 9.84 Å². The van der Waals surface area contributed by atoms with Crippen molar-refractivity contribution in [2.45, 2.75) is 18.9 Å². The highest BCUT2D eigenvalue weighted by molar-refractivity contribution is 5.87. The van der Waals surface area contributed by atoms with Crippen LogP contribution in [0.3, 0.4) is 0 Å². The SMILES string of the molecule is Oc1c2ccccc2cn1C1CCN(CC=Cc2ccccc2Oc2ccccc2)CC1. The van der Waals surface area contributed by atoms with Gasteiger partial charge in [0.25, 0.3) is 0 Å². The highest BCUT2D eigenvalue weighted by atomic mass is 16.5. The second-order valence-electron chi connectivity index (χ2n) is 8.33. The zero-order valence-corrected chi connectivity index (χ0v) is 18.1. The van der Waals surface area contributed by atoms with Crippen LogP contribution in [0.25, 0.3) is 16.8 Å². The molecule has 32 heavy (non-hydrogen) atoms. The molecule has 1 saturated heterocycles. The van der Waals surface area contributed by atoms with E-state index >= 15 is 0 Å². The van der Waals surface area contributed by atoms with Crippen LogP contribution in [0.5, 0.6) is 17.4 Å². The van der Waals surface area contributed by atoms with Gasteiger partial charge < -0.3 is 14.4 Å². The Hall–Kier alpha value is -3.50. The molecule has 0 spiro atoms. The first-order valence-electron chi connectivity index (χ1n) is 11.3. The zero-order chi connectivity index (χ0) is 21.8. The number of hydrogen-bond acceptors (Lipinski definition) is 3. The minimum absolute atomic E-state index is 0.350. The van der Waals surface area contributed by atoms with Crippen LogP contribution in [-0.2, 0) is 0 Å². The summed E-state index contributed by atoms with van der Waals surface area (Å²) in [5.74, 6) is 2.11. The molecule has 4 heteroatoms. The number of rotatable bonds is 6. The molecule has 2 heterocycles. The molecule has 0 amide bonds. The second kappa shape index (κ2) is 9.33. The minimum Gasteiger partial charge on any atom is -0.494 e. The summed E-state index contributed by atoms with van der Waals surface area (Å²) in [6.07, 6.45) is 8.53. The lowest BCUT2D eigenvalue weighted by molar-refractivity contribution is 0.196. The molecular weight excluding hydrogens is 396 g/mol. The molecule has 1 N–H and O–H groups in total. The Morgan fingerprint density at radius 3 is 2.41 bits per heavy atom. The van der Waals surface area contributed by atoms with Crippen molar-refractivity contribution >= 4 is 16.8 Å². The lowest BCUT2D eigenvalue weighted by atomic mass is 10.0. The van der Waals surface area contributed by atoms with E-state index in [9.17, 15) is 5.11 Å². The van der Waals surface area contributed by atoms with Crippen molar-refractivity contribution in [1.29, 1.82) is 0 Å². The van der Waals surface area contributed by atoms with Crippen LogP contribution in [-0.4, -0.2) is 34.2 Å². The third-order valence-electron chi connectivity index (χ3n) is 6.23. The topological polar surface area (TPSA) is 37.6 Å². The Labute approximate surface area is 189 Å². The van der Waals surface area contributed by atoms with Crippen LogP contribution < -0.4 is 4.74 Å². The van der Waals surface area contributed by atoms with E-state index in [0.717, 1.165) is 60.3 Å². The van der Waals surface area contributed by atoms with Gasteiger partial charge in [0.2, 0.25) is 0 Å². The second-order valence-corrected chi connectivity index (χ2v) is 8.33. The molecule has 4 aromatic rings. The van der Waals surface area contributed by atoms with E-state index in [4.69, 9.17) is 4.74 Å². The molecule has 162 valence electrons. The fourth-order valence-electron chi connectivity index (χ4n) is 4.48. The van der Waals surface area contributed by atoms with Crippen molar-refractivity contribution in [3.63, 3.8) is 0 Å². The first-order chi connectivity index (χ1) is 15.8. The first-order valence-corrected chi connectivity index (χ1v) is 11.3. The van der Waals surface area contributed by atoms with Gasteiger partial charge >= 0.3 is 0 Å². The van der Waals surface area contributed by atoms with Gasteiger partial charge in [-0.15, -0.1) is 0 Å². The molecule has 0 unspecified atom stereocenters. The smallest absolute Gasteiger partial charge is 0.199 e. The molecule has 1 aliphatic rings. The number of hydrogen-bond donors (Lipinski definition) is 1. The van der Waals surface area contributed by atoms with Gasteiger partial charge in [-0.2, -0.15) is 0 Å². The van der Waals surface area contributed by atoms with E-state index in [1.54, 1.807) is 0 Å². The molecule has 3 aromatic carbocycles. The van der Waals surface area contributed by atoms with E-state index in [2.05, 4.69) is 39.9 Å². The van der Waals surface area contributed by atoms with E-state index in [0.29, 0.717) is 11.9 Å². The molecular formula is C28H28N2O2. The number of aromatic hydroxyl groups is 1. The largest absolute Gasteiger partial charge is 0.494 e. The molecule has 0 bridgehead atoms. The lowest BCUT2D eigenvalue weighted by Crippen LogP contribution is -2.34. The van der Waals surface area contributed by atoms with Gasteiger partial charge in [0.05, 0.1) is 0 Å². The maximum atomic E-state index is 10.6. The normalized spacial score (nSPS) is 15.5. The van der Waals surface area contributed by atoms with Crippen LogP contribution in [0, 0.1) is 0 Å². The number of para-hydroxylation sites is 2. The lowest BCUT2D eigenvalue weighted by Gasteiger charge is -2.32. The number of aromatic nitrogens is 1. The molecule has 0 radical (unpaired) electrons. The number of likely N-dealkylation sites (tertiary alicyclic amines) is 1. The zero-order valence-electron chi connectivity index (χ0n) is 18.1. The van der Waals surface area contributed by atoms with Gasteiger partial charge in [0.15, 0.2) is 5.88 Å². The van der Waals surface area contributed by atoms with E-state index in [1.807, 2.05) is 66.7 Å². The number of fused-ring (bicyclic) bond motifs is 1. The molecule has 4 nitrogen and oxygen atoms in total. The van der Waals surface area contributed by atoms with Gasteiger partial charge in [0, 0.05) is 48.2 Å². The predicted molar refractivity (Wildman–Crippen MR) is 130 cm³/mol. The Balaban J connectivity index is 1.19. The van der Waals surface area contributed by atoms with Gasteiger partial charge in [0.1, 0.15) is 11.5 Å². The summed E-state index contributed by atoms with van der Waals surface area (Å²) in [5.41, 5.74) is 1.08. The maximum absolute atomic E-state index is 10.6. The first kappa shape index (κ1) is 20.4. The van der Waals surface area contributed by atoms with Crippen molar-refractivity contribution in [3.05, 3.63) is 96.7 Å². The molecule has 1 fully saturated rings. The van der Waals surface area contributed by atoms with Gasteiger partial charge in [-0.3, -0.25) is 4.90 Å². The van der Waals surface area contributed by atoms with Crippen LogP contribution in [0.4, 0.5) is 0 Å². The highest BCUT2D eigenvalue weighted by Gasteiger charge is 2.22. The Morgan fingerprint density at radius 1 is 0.875 bits per heavy atom. The Morgan fingerprint density at radius 2 is 1.59 bits per heavy atom. The van der Waals surface area contributed by atoms with Crippen molar-refractivity contribution in [2.24, 2.45) is 0 Å². The third-order valence-corrected chi connectivity index (χ3v) is 6.23. The Bertz CT molecular complexity index is 1200. The minimum atomic E-state index is 0.350. The van der Waals surface area contributed by atoms with E-state index in [1.165, 1.54) is 0 Å². The highest BCUT2D eigenvalue weighted by Crippen LogP contribution is 2.34. The van der Waals surface area contributed by atoms with Crippen molar-refractivity contribution in [3.8, 4) is 17.4 Å². The van der Waals surface area contributed by atoms with Crippen LogP contribution in [0.2, 0.25) is 0 Å². The van der Waals surface area contributed by atoms with E-state index in [-0.39, 0.29) is 0 Å². The fraction of sp³-hybridized carbons (Fsp3) is 0.214. The Kier molecular flexibility index (Phi) is 5.95. The molecule has 1 aliphatic heterocycles. The number of nitrogens with zero attached hydrogens (tertiary/aromatic N) is 2. The van der Waals surface area contributed by atoms with Crippen LogP contribution >= 0.6 is 0 Å². The standard InChI is InChI=1S/C28H28N2O2/c31-28-26-14-6-4-10-23(26)21-30(28)24-16-19-29(20-17-24)18-8-11-22-9-5-7-15-27(22)32-25-12-2-1-3-13-25/h1-15,21,24,31H,16-20H2. The van der Waals surface area contributed by atoms with Gasteiger partial charge in [-0.25, -0.2) is 0 Å². The summed E-state index contributed by atoms with van der Waals surface area (Å²) in [4.78, 5) is 2.47. The third kappa shape index (κ3) is 4.41. The number of piperidine rings is 1. The van der Waals surface area contributed by atoms with Crippen molar-refractivity contribution in [2.75, 3.05) is 19.6 Å². The monoisotopic (exact) mass is 424 g/mol. The van der Waals surface area contributed by atoms with Gasteiger partial charge in [-0.1, -0.05) is 66.7 Å². The molecule has 5 rings (SSSR count). The summed E-state index contributed by atoms with van der Waals surface area (Å²) in [6, 6.07) is 26.4. The van der Waals surface area contributed by atoms with Gasteiger partial charge in [-0.05, 0) is 37.1 Å². The fourth-order valence-corrected chi connectivity index (χ4v) is 4.48. The number of ether oxygens (including phenoxy) is 1. The maximum Gasteiger partial charge on any atom is 0.199 e. The average molecular weight is 425 g/mol. The van der Waals surface area contributed by atoms with Crippen LogP contribution in [0.15, 0.2) is 91.1 Å². The average Bonchev–Trinajstić information content (AvgIpc) is 3.18. The van der Waals surface area contributed by atoms with Crippen molar-refractivity contribution in [1.82, 2.24) is 9.47 Å².